The van der Waals surface area contributed by atoms with Crippen LogP contribution in [0, 0.1) is 5.53 Å². The van der Waals surface area contributed by atoms with E-state index in [1.54, 1.807) is 7.11 Å². The van der Waals surface area contributed by atoms with E-state index in [1.807, 2.05) is 43.9 Å². The van der Waals surface area contributed by atoms with Gasteiger partial charge < -0.3 is 24.0 Å². The van der Waals surface area contributed by atoms with Gasteiger partial charge >= 0.3 is 6.09 Å². The molecule has 34 heavy (non-hydrogen) atoms. The van der Waals surface area contributed by atoms with E-state index in [9.17, 15) is 9.59 Å². The molecule has 0 aromatic heterocycles. The molecule has 11 heteroatoms. The molecule has 0 atom stereocenters. The molecule has 1 aromatic carbocycles. The van der Waals surface area contributed by atoms with Gasteiger partial charge in [0.15, 0.2) is 0 Å². The minimum Gasteiger partial charge on any atom is -0.491 e. The number of carbonyl (C=O) groups is 2. The van der Waals surface area contributed by atoms with E-state index in [-0.39, 0.29) is 18.5 Å². The first-order valence-corrected chi connectivity index (χ1v) is 11.6. The standard InChI is InChI=1S/C23H36N6O5/c1-23(2,3)34-22(31)28-11-12-29(21(30)16-28)17-7-9-27(10-8-17)20-6-5-18(33-14-13-32-4)15-19(20)25-26-24/h5-6,15,17H,7-14,16H2,1-4H3,(H2,24,25). The van der Waals surface area contributed by atoms with E-state index >= 15 is 0 Å². The van der Waals surface area contributed by atoms with E-state index < -0.39 is 11.7 Å². The van der Waals surface area contributed by atoms with E-state index in [0.29, 0.717) is 37.7 Å². The van der Waals surface area contributed by atoms with E-state index in [1.165, 1.54) is 4.90 Å². The fourth-order valence-electron chi connectivity index (χ4n) is 4.25. The number of ether oxygens (including phenoxy) is 3. The molecule has 0 bridgehead atoms. The van der Waals surface area contributed by atoms with Gasteiger partial charge in [0.1, 0.15) is 24.5 Å². The van der Waals surface area contributed by atoms with Crippen LogP contribution in [-0.2, 0) is 14.3 Å². The Hall–Kier alpha value is -3.08. The van der Waals surface area contributed by atoms with Crippen molar-refractivity contribution >= 4 is 23.4 Å². The number of rotatable bonds is 8. The lowest BCUT2D eigenvalue weighted by molar-refractivity contribution is -0.139. The molecule has 0 saturated carbocycles. The van der Waals surface area contributed by atoms with Crippen LogP contribution < -0.4 is 15.1 Å². The number of carbonyl (C=O) groups excluding carboxylic acids is 2. The second-order valence-electron chi connectivity index (χ2n) is 9.45. The average molecular weight is 477 g/mol. The van der Waals surface area contributed by atoms with Crippen molar-refractivity contribution in [1.29, 1.82) is 5.53 Å². The van der Waals surface area contributed by atoms with Gasteiger partial charge in [-0.2, -0.15) is 5.53 Å². The molecule has 2 aliphatic heterocycles. The third-order valence-corrected chi connectivity index (χ3v) is 5.86. The van der Waals surface area contributed by atoms with E-state index in [4.69, 9.17) is 19.7 Å². The van der Waals surface area contributed by atoms with Crippen LogP contribution in [0.5, 0.6) is 5.75 Å². The minimum absolute atomic E-state index is 0.0384. The van der Waals surface area contributed by atoms with Crippen LogP contribution >= 0.6 is 0 Å². The van der Waals surface area contributed by atoms with Gasteiger partial charge in [-0.05, 0) is 45.7 Å². The molecule has 2 fully saturated rings. The monoisotopic (exact) mass is 476 g/mol. The highest BCUT2D eigenvalue weighted by Gasteiger charge is 2.35. The molecule has 2 aliphatic rings. The second kappa shape index (κ2) is 11.4. The first-order chi connectivity index (χ1) is 16.2. The van der Waals surface area contributed by atoms with Gasteiger partial charge in [0.05, 0.1) is 18.0 Å². The molecule has 2 saturated heterocycles. The number of methoxy groups -OCH3 is 1. The SMILES string of the molecule is COCCOc1ccc(N2CCC(N3CCN(C(=O)OC(C)(C)C)CC3=O)CC2)c(NN=N)c1. The normalized spacial score (nSPS) is 17.5. The highest BCUT2D eigenvalue weighted by atomic mass is 16.6. The average Bonchev–Trinajstić information content (AvgIpc) is 2.79. The maximum Gasteiger partial charge on any atom is 0.410 e. The molecular weight excluding hydrogens is 440 g/mol. The molecule has 0 unspecified atom stereocenters. The van der Waals surface area contributed by atoms with Crippen molar-refractivity contribution in [1.82, 2.24) is 9.80 Å². The van der Waals surface area contributed by atoms with Crippen molar-refractivity contribution in [3.8, 4) is 5.75 Å². The molecule has 2 amide bonds. The molecule has 188 valence electrons. The lowest BCUT2D eigenvalue weighted by Gasteiger charge is -2.43. The number of amides is 2. The Balaban J connectivity index is 1.56. The Kier molecular flexibility index (Phi) is 8.54. The van der Waals surface area contributed by atoms with Crippen molar-refractivity contribution in [3.05, 3.63) is 18.2 Å². The molecule has 2 N–H and O–H groups in total. The topological polar surface area (TPSA) is 120 Å². The number of benzene rings is 1. The Bertz CT molecular complexity index is 866. The smallest absolute Gasteiger partial charge is 0.410 e. The lowest BCUT2D eigenvalue weighted by Crippen LogP contribution is -2.57. The summed E-state index contributed by atoms with van der Waals surface area (Å²) in [6, 6.07) is 5.82. The number of piperazine rings is 1. The zero-order chi connectivity index (χ0) is 24.7. The Labute approximate surface area is 200 Å². The van der Waals surface area contributed by atoms with Crippen LogP contribution in [0.25, 0.3) is 0 Å². The molecule has 0 aliphatic carbocycles. The molecule has 1 aromatic rings. The zero-order valence-electron chi connectivity index (χ0n) is 20.5. The molecule has 0 spiro atoms. The quantitative estimate of drug-likeness (QED) is 0.336. The Morgan fingerprint density at radius 3 is 2.53 bits per heavy atom. The van der Waals surface area contributed by atoms with Crippen LogP contribution in [0.4, 0.5) is 16.2 Å². The number of piperidine rings is 1. The second-order valence-corrected chi connectivity index (χ2v) is 9.45. The molecule has 2 heterocycles. The van der Waals surface area contributed by atoms with Crippen molar-refractivity contribution in [2.75, 3.05) is 63.4 Å². The predicted molar refractivity (Wildman–Crippen MR) is 127 cm³/mol. The van der Waals surface area contributed by atoms with Gasteiger partial charge in [0.2, 0.25) is 5.91 Å². The van der Waals surface area contributed by atoms with Gasteiger partial charge in [-0.1, -0.05) is 5.22 Å². The number of nitrogens with one attached hydrogen (secondary N) is 2. The maximum atomic E-state index is 12.8. The summed E-state index contributed by atoms with van der Waals surface area (Å²) in [6.07, 6.45) is 1.20. The first kappa shape index (κ1) is 25.5. The molecule has 3 rings (SSSR count). The molecule has 11 nitrogen and oxygen atoms in total. The fraction of sp³-hybridized carbons (Fsp3) is 0.652. The van der Waals surface area contributed by atoms with Crippen LogP contribution in [0.3, 0.4) is 0 Å². The zero-order valence-corrected chi connectivity index (χ0v) is 20.5. The summed E-state index contributed by atoms with van der Waals surface area (Å²) in [7, 11) is 1.62. The number of anilines is 2. The summed E-state index contributed by atoms with van der Waals surface area (Å²) in [5.74, 6) is 0.638. The predicted octanol–water partition coefficient (Wildman–Crippen LogP) is 3.12. The summed E-state index contributed by atoms with van der Waals surface area (Å²) in [5, 5.41) is 3.34. The van der Waals surface area contributed by atoms with Gasteiger partial charge in [-0.25, -0.2) is 4.79 Å². The Morgan fingerprint density at radius 1 is 1.18 bits per heavy atom. The van der Waals surface area contributed by atoms with Crippen LogP contribution in [-0.4, -0.2) is 86.5 Å². The third kappa shape index (κ3) is 6.72. The summed E-state index contributed by atoms with van der Waals surface area (Å²) in [5.41, 5.74) is 11.0. The van der Waals surface area contributed by atoms with Crippen molar-refractivity contribution in [3.63, 3.8) is 0 Å². The minimum atomic E-state index is -0.584. The maximum absolute atomic E-state index is 12.8. The van der Waals surface area contributed by atoms with Crippen molar-refractivity contribution < 1.29 is 23.8 Å². The third-order valence-electron chi connectivity index (χ3n) is 5.86. The van der Waals surface area contributed by atoms with E-state index in [0.717, 1.165) is 31.6 Å². The van der Waals surface area contributed by atoms with Crippen molar-refractivity contribution in [2.45, 2.75) is 45.3 Å². The largest absolute Gasteiger partial charge is 0.491 e. The molecule has 0 radical (unpaired) electrons. The highest BCUT2D eigenvalue weighted by molar-refractivity contribution is 5.84. The summed E-state index contributed by atoms with van der Waals surface area (Å²) < 4.78 is 16.1. The number of hydrogen-bond donors (Lipinski definition) is 2. The summed E-state index contributed by atoms with van der Waals surface area (Å²) >= 11 is 0. The van der Waals surface area contributed by atoms with Crippen molar-refractivity contribution in [2.24, 2.45) is 5.22 Å². The fourth-order valence-corrected chi connectivity index (χ4v) is 4.25. The number of hydrogen-bond acceptors (Lipinski definition) is 8. The van der Waals surface area contributed by atoms with Gasteiger partial charge in [0, 0.05) is 45.4 Å². The van der Waals surface area contributed by atoms with Crippen LogP contribution in [0.15, 0.2) is 23.4 Å². The van der Waals surface area contributed by atoms with Gasteiger partial charge in [-0.3, -0.25) is 15.1 Å². The first-order valence-electron chi connectivity index (χ1n) is 11.6. The van der Waals surface area contributed by atoms with E-state index in [2.05, 4.69) is 15.5 Å². The van der Waals surface area contributed by atoms with Crippen LogP contribution in [0.2, 0.25) is 0 Å². The van der Waals surface area contributed by atoms with Crippen LogP contribution in [0.1, 0.15) is 33.6 Å². The summed E-state index contributed by atoms with van der Waals surface area (Å²) in [4.78, 5) is 30.7. The summed E-state index contributed by atoms with van der Waals surface area (Å²) in [6.45, 7) is 8.96. The number of nitrogens with zero attached hydrogens (tertiary/aromatic N) is 4. The Morgan fingerprint density at radius 2 is 1.91 bits per heavy atom. The van der Waals surface area contributed by atoms with Gasteiger partial charge in [-0.15, -0.1) is 0 Å². The highest BCUT2D eigenvalue weighted by Crippen LogP contribution is 2.33. The molecular formula is C23H36N6O5. The van der Waals surface area contributed by atoms with Gasteiger partial charge in [0.25, 0.3) is 0 Å². The lowest BCUT2D eigenvalue weighted by atomic mass is 10.0.